The zero-order valence-electron chi connectivity index (χ0n) is 12.7. The van der Waals surface area contributed by atoms with E-state index < -0.39 is 5.79 Å². The van der Waals surface area contributed by atoms with E-state index in [-0.39, 0.29) is 5.78 Å². The molecule has 114 valence electrons. The van der Waals surface area contributed by atoms with E-state index in [1.165, 1.54) is 28.4 Å². The third kappa shape index (κ3) is 2.07. The molecule has 0 aliphatic heterocycles. The molecule has 2 rings (SSSR count). The molecule has 1 aliphatic carbocycles. The quantitative estimate of drug-likeness (QED) is 0.743. The first-order valence-electron chi connectivity index (χ1n) is 6.25. The number of hydrogen-bond acceptors (Lipinski definition) is 6. The number of hydrogen-bond donors (Lipinski definition) is 0. The van der Waals surface area contributed by atoms with Crippen LogP contribution in [0, 0.1) is 0 Å². The summed E-state index contributed by atoms with van der Waals surface area (Å²) in [5.74, 6) is -0.311. The van der Waals surface area contributed by atoms with Crippen LogP contribution in [0.15, 0.2) is 24.0 Å². The average molecular weight is 294 g/mol. The molecule has 0 unspecified atom stereocenters. The van der Waals surface area contributed by atoms with Crippen molar-refractivity contribution in [2.24, 2.45) is 0 Å². The van der Waals surface area contributed by atoms with E-state index in [1.54, 1.807) is 25.3 Å². The molecule has 0 saturated carbocycles. The molecule has 21 heavy (non-hydrogen) atoms. The predicted molar refractivity (Wildman–Crippen MR) is 75.2 cm³/mol. The number of ketones is 1. The monoisotopic (exact) mass is 294 g/mol. The van der Waals surface area contributed by atoms with Crippen molar-refractivity contribution >= 4 is 11.4 Å². The maximum atomic E-state index is 12.4. The van der Waals surface area contributed by atoms with Gasteiger partial charge in [0.05, 0.1) is 26.9 Å². The van der Waals surface area contributed by atoms with E-state index in [1.807, 2.05) is 0 Å². The number of rotatable bonds is 6. The van der Waals surface area contributed by atoms with Crippen molar-refractivity contribution in [3.05, 3.63) is 29.5 Å². The van der Waals surface area contributed by atoms with Crippen molar-refractivity contribution in [3.8, 4) is 11.5 Å². The molecule has 0 saturated heterocycles. The Bertz CT molecular complexity index is 586. The Hall–Kier alpha value is -2.05. The van der Waals surface area contributed by atoms with Crippen LogP contribution in [0.2, 0.25) is 0 Å². The lowest BCUT2D eigenvalue weighted by atomic mass is 9.82. The fourth-order valence-corrected chi connectivity index (χ4v) is 2.42. The highest BCUT2D eigenvalue weighted by molar-refractivity contribution is 6.33. The van der Waals surface area contributed by atoms with E-state index >= 15 is 0 Å². The highest BCUT2D eigenvalue weighted by atomic mass is 16.7. The number of Topliss-reactive ketones (excluding diaryl/α,β-unsaturated/α-hetero) is 1. The second kappa shape index (κ2) is 5.75. The van der Waals surface area contributed by atoms with Crippen LogP contribution in [0.1, 0.15) is 5.56 Å². The molecule has 0 radical (unpaired) electrons. The molecule has 0 bridgehead atoms. The van der Waals surface area contributed by atoms with E-state index in [9.17, 15) is 4.79 Å². The first-order chi connectivity index (χ1) is 10.1. The standard InChI is InChI=1S/C15H18O6/c1-17-10-7-6-9(8-11(10)18-2)12-13(16)15(20-4,21-5)14(12)19-3/h6-8H,1-5H3. The number of carbonyl (C=O) groups is 1. The van der Waals surface area contributed by atoms with Gasteiger partial charge in [-0.1, -0.05) is 6.07 Å². The van der Waals surface area contributed by atoms with E-state index in [2.05, 4.69) is 0 Å². The van der Waals surface area contributed by atoms with Gasteiger partial charge in [0.15, 0.2) is 17.3 Å². The van der Waals surface area contributed by atoms with Gasteiger partial charge in [0.25, 0.3) is 5.79 Å². The van der Waals surface area contributed by atoms with Crippen LogP contribution < -0.4 is 9.47 Å². The van der Waals surface area contributed by atoms with Gasteiger partial charge in [0.2, 0.25) is 5.78 Å². The normalized spacial score (nSPS) is 16.5. The van der Waals surface area contributed by atoms with Gasteiger partial charge in [-0.2, -0.15) is 0 Å². The minimum Gasteiger partial charge on any atom is -0.494 e. The molecular formula is C15H18O6. The van der Waals surface area contributed by atoms with Crippen LogP contribution in [0.3, 0.4) is 0 Å². The molecule has 0 amide bonds. The number of methoxy groups -OCH3 is 5. The summed E-state index contributed by atoms with van der Waals surface area (Å²) in [5, 5.41) is 0. The van der Waals surface area contributed by atoms with E-state index in [0.29, 0.717) is 28.4 Å². The van der Waals surface area contributed by atoms with Crippen molar-refractivity contribution in [1.29, 1.82) is 0 Å². The maximum absolute atomic E-state index is 12.4. The zero-order valence-corrected chi connectivity index (χ0v) is 12.7. The number of ether oxygens (including phenoxy) is 5. The lowest BCUT2D eigenvalue weighted by Gasteiger charge is -2.39. The second-order valence-corrected chi connectivity index (χ2v) is 4.33. The van der Waals surface area contributed by atoms with Gasteiger partial charge in [-0.05, 0) is 17.7 Å². The highest BCUT2D eigenvalue weighted by Crippen LogP contribution is 2.45. The minimum absolute atomic E-state index is 0.295. The topological polar surface area (TPSA) is 63.2 Å². The Balaban J connectivity index is 2.54. The molecule has 1 aromatic carbocycles. The summed E-state index contributed by atoms with van der Waals surface area (Å²) in [6, 6.07) is 5.19. The highest BCUT2D eigenvalue weighted by Gasteiger charge is 2.57. The summed E-state index contributed by atoms with van der Waals surface area (Å²) in [6.07, 6.45) is 0. The number of carbonyl (C=O) groups excluding carboxylic acids is 1. The second-order valence-electron chi connectivity index (χ2n) is 4.33. The molecular weight excluding hydrogens is 276 g/mol. The van der Waals surface area contributed by atoms with Crippen LogP contribution >= 0.6 is 0 Å². The summed E-state index contributed by atoms with van der Waals surface area (Å²) in [5.41, 5.74) is 1.06. The minimum atomic E-state index is -1.46. The molecule has 0 heterocycles. The summed E-state index contributed by atoms with van der Waals surface area (Å²) in [7, 11) is 7.34. The molecule has 0 spiro atoms. The Morgan fingerprint density at radius 3 is 1.95 bits per heavy atom. The van der Waals surface area contributed by atoms with Crippen molar-refractivity contribution in [3.63, 3.8) is 0 Å². The van der Waals surface area contributed by atoms with Gasteiger partial charge < -0.3 is 23.7 Å². The van der Waals surface area contributed by atoms with Crippen molar-refractivity contribution in [2.45, 2.75) is 5.79 Å². The largest absolute Gasteiger partial charge is 0.494 e. The fraction of sp³-hybridized carbons (Fsp3) is 0.400. The van der Waals surface area contributed by atoms with E-state index in [0.717, 1.165) is 0 Å². The van der Waals surface area contributed by atoms with Crippen molar-refractivity contribution in [1.82, 2.24) is 0 Å². The first-order valence-corrected chi connectivity index (χ1v) is 6.25. The Morgan fingerprint density at radius 2 is 1.48 bits per heavy atom. The van der Waals surface area contributed by atoms with Crippen molar-refractivity contribution < 1.29 is 28.5 Å². The van der Waals surface area contributed by atoms with Crippen LogP contribution in [0.4, 0.5) is 0 Å². The summed E-state index contributed by atoms with van der Waals surface area (Å²) < 4.78 is 26.1. The van der Waals surface area contributed by atoms with Crippen LogP contribution in [0.25, 0.3) is 5.57 Å². The van der Waals surface area contributed by atoms with Gasteiger partial charge in [0, 0.05) is 14.2 Å². The SMILES string of the molecule is COC1=C(c2ccc(OC)c(OC)c2)C(=O)C1(OC)OC. The third-order valence-corrected chi connectivity index (χ3v) is 3.50. The van der Waals surface area contributed by atoms with Crippen LogP contribution in [-0.2, 0) is 19.0 Å². The summed E-state index contributed by atoms with van der Waals surface area (Å²) in [4.78, 5) is 12.4. The zero-order chi connectivity index (χ0) is 15.6. The molecule has 1 aliphatic rings. The molecule has 1 aromatic rings. The molecule has 6 nitrogen and oxygen atoms in total. The number of benzene rings is 1. The average Bonchev–Trinajstić information content (AvgIpc) is 2.53. The first kappa shape index (κ1) is 15.3. The Labute approximate surface area is 123 Å². The Morgan fingerprint density at radius 1 is 0.857 bits per heavy atom. The van der Waals surface area contributed by atoms with Gasteiger partial charge in [-0.25, -0.2) is 0 Å². The third-order valence-electron chi connectivity index (χ3n) is 3.50. The smallest absolute Gasteiger partial charge is 0.294 e. The molecule has 6 heteroatoms. The van der Waals surface area contributed by atoms with Crippen molar-refractivity contribution in [2.75, 3.05) is 35.5 Å². The van der Waals surface area contributed by atoms with Gasteiger partial charge in [-0.15, -0.1) is 0 Å². The molecule has 0 atom stereocenters. The fourth-order valence-electron chi connectivity index (χ4n) is 2.42. The van der Waals surface area contributed by atoms with Gasteiger partial charge >= 0.3 is 0 Å². The Kier molecular flexibility index (Phi) is 4.20. The van der Waals surface area contributed by atoms with Crippen LogP contribution in [0.5, 0.6) is 11.5 Å². The lowest BCUT2D eigenvalue weighted by Crippen LogP contribution is -2.53. The van der Waals surface area contributed by atoms with E-state index in [4.69, 9.17) is 23.7 Å². The summed E-state index contributed by atoms with van der Waals surface area (Å²) >= 11 is 0. The molecule has 0 aromatic heterocycles. The van der Waals surface area contributed by atoms with Crippen LogP contribution in [-0.4, -0.2) is 47.1 Å². The maximum Gasteiger partial charge on any atom is 0.294 e. The molecule has 0 N–H and O–H groups in total. The predicted octanol–water partition coefficient (Wildman–Crippen LogP) is 1.63. The van der Waals surface area contributed by atoms with Gasteiger partial charge in [0.1, 0.15) is 0 Å². The summed E-state index contributed by atoms with van der Waals surface area (Å²) in [6.45, 7) is 0. The van der Waals surface area contributed by atoms with Gasteiger partial charge in [-0.3, -0.25) is 4.79 Å². The molecule has 0 fully saturated rings. The lowest BCUT2D eigenvalue weighted by molar-refractivity contribution is -0.206.